The minimum Gasteiger partial charge on any atom is -0.307 e. The molecule has 0 bridgehead atoms. The van der Waals surface area contributed by atoms with Gasteiger partial charge >= 0.3 is 6.03 Å². The van der Waals surface area contributed by atoms with Gasteiger partial charge in [-0.1, -0.05) is 74.6 Å². The third-order valence-corrected chi connectivity index (χ3v) is 8.49. The molecule has 2 N–H and O–H groups in total. The lowest BCUT2D eigenvalue weighted by atomic mass is 9.92. The molecule has 4 aromatic rings. The predicted molar refractivity (Wildman–Crippen MR) is 161 cm³/mol. The van der Waals surface area contributed by atoms with E-state index >= 15 is 0 Å². The van der Waals surface area contributed by atoms with E-state index in [1.807, 2.05) is 73.7 Å². The molecule has 6 nitrogen and oxygen atoms in total. The second kappa shape index (κ2) is 11.1. The Morgan fingerprint density at radius 2 is 1.79 bits per heavy atom. The highest BCUT2D eigenvalue weighted by atomic mass is 32.2. The molecule has 2 amide bonds. The van der Waals surface area contributed by atoms with Crippen molar-refractivity contribution in [3.63, 3.8) is 0 Å². The number of aromatic nitrogens is 2. The van der Waals surface area contributed by atoms with Crippen molar-refractivity contribution in [3.8, 4) is 17.5 Å². The van der Waals surface area contributed by atoms with Gasteiger partial charge in [-0.05, 0) is 48.9 Å². The zero-order valence-electron chi connectivity index (χ0n) is 22.9. The van der Waals surface area contributed by atoms with Crippen molar-refractivity contribution in [2.45, 2.75) is 46.0 Å². The molecule has 2 atom stereocenters. The van der Waals surface area contributed by atoms with Crippen LogP contribution in [0.3, 0.4) is 0 Å². The summed E-state index contributed by atoms with van der Waals surface area (Å²) < 4.78 is 13.4. The molecule has 39 heavy (non-hydrogen) atoms. The Kier molecular flexibility index (Phi) is 7.58. The average Bonchev–Trinajstić information content (AvgIpc) is 3.52. The summed E-state index contributed by atoms with van der Waals surface area (Å²) in [6.07, 6.45) is 1.74. The van der Waals surface area contributed by atoms with Gasteiger partial charge in [0.15, 0.2) is 0 Å². The predicted octanol–water partition coefficient (Wildman–Crippen LogP) is 6.79. The van der Waals surface area contributed by atoms with Crippen LogP contribution in [-0.2, 0) is 16.2 Å². The number of carbonyl (C=O) groups is 1. The molecule has 0 spiro atoms. The van der Waals surface area contributed by atoms with Gasteiger partial charge in [-0.15, -0.1) is 0 Å². The first-order valence-electron chi connectivity index (χ1n) is 13.3. The van der Waals surface area contributed by atoms with Gasteiger partial charge in [0.05, 0.1) is 17.1 Å². The van der Waals surface area contributed by atoms with Crippen LogP contribution in [0.4, 0.5) is 16.3 Å². The van der Waals surface area contributed by atoms with Crippen molar-refractivity contribution in [3.05, 3.63) is 83.6 Å². The summed E-state index contributed by atoms with van der Waals surface area (Å²) in [5.41, 5.74) is 4.37. The van der Waals surface area contributed by atoms with Crippen LogP contribution in [0.2, 0.25) is 0 Å². The Morgan fingerprint density at radius 3 is 2.49 bits per heavy atom. The fourth-order valence-corrected chi connectivity index (χ4v) is 6.26. The number of hydrogen-bond donors (Lipinski definition) is 2. The van der Waals surface area contributed by atoms with Crippen LogP contribution < -0.4 is 10.6 Å². The number of anilines is 2. The summed E-state index contributed by atoms with van der Waals surface area (Å²) in [5, 5.41) is 12.7. The molecule has 2 heterocycles. The number of fused-ring (bicyclic) bond motifs is 1. The van der Waals surface area contributed by atoms with Gasteiger partial charge in [0.2, 0.25) is 0 Å². The molecule has 1 aliphatic heterocycles. The fourth-order valence-electron chi connectivity index (χ4n) is 4.69. The SMILES string of the molecule is Cc1ccc(-n2nc(C(C)(C)C)cc2NC(=O)Nc2ccc(C#CCC3CCS(=O)C3)c3ccccc23)cc1. The smallest absolute Gasteiger partial charge is 0.307 e. The summed E-state index contributed by atoms with van der Waals surface area (Å²) in [6, 6.07) is 21.4. The molecule has 5 rings (SSSR count). The minimum atomic E-state index is -0.683. The van der Waals surface area contributed by atoms with Crippen molar-refractivity contribution in [2.24, 2.45) is 5.92 Å². The van der Waals surface area contributed by atoms with E-state index in [0.29, 0.717) is 17.4 Å². The van der Waals surface area contributed by atoms with Crippen molar-refractivity contribution >= 4 is 39.1 Å². The molecule has 7 heteroatoms. The zero-order valence-corrected chi connectivity index (χ0v) is 23.7. The summed E-state index contributed by atoms with van der Waals surface area (Å²) >= 11 is 0. The van der Waals surface area contributed by atoms with Crippen LogP contribution in [0.5, 0.6) is 0 Å². The Hall–Kier alpha value is -3.89. The molecular formula is C32H34N4O2S. The van der Waals surface area contributed by atoms with Gasteiger partial charge in [-0.25, -0.2) is 9.48 Å². The fraction of sp³-hybridized carbons (Fsp3) is 0.312. The van der Waals surface area contributed by atoms with Crippen LogP contribution in [0, 0.1) is 24.7 Å². The molecule has 1 saturated heterocycles. The van der Waals surface area contributed by atoms with Crippen LogP contribution in [-0.4, -0.2) is 31.5 Å². The molecule has 0 saturated carbocycles. The zero-order chi connectivity index (χ0) is 27.6. The normalized spacial score (nSPS) is 17.0. The maximum atomic E-state index is 13.2. The molecule has 1 aliphatic rings. The van der Waals surface area contributed by atoms with E-state index in [4.69, 9.17) is 5.10 Å². The first-order chi connectivity index (χ1) is 18.7. The molecule has 1 fully saturated rings. The van der Waals surface area contributed by atoms with E-state index in [1.54, 1.807) is 4.68 Å². The van der Waals surface area contributed by atoms with Gasteiger partial charge in [-0.3, -0.25) is 9.53 Å². The number of carbonyl (C=O) groups excluding carboxylic acids is 1. The number of nitrogens with zero attached hydrogens (tertiary/aromatic N) is 2. The van der Waals surface area contributed by atoms with E-state index in [0.717, 1.165) is 57.6 Å². The quantitative estimate of drug-likeness (QED) is 0.281. The molecule has 0 radical (unpaired) electrons. The molecular weight excluding hydrogens is 504 g/mol. The van der Waals surface area contributed by atoms with E-state index in [-0.39, 0.29) is 11.4 Å². The van der Waals surface area contributed by atoms with Crippen LogP contribution >= 0.6 is 0 Å². The van der Waals surface area contributed by atoms with Crippen molar-refractivity contribution in [2.75, 3.05) is 22.1 Å². The summed E-state index contributed by atoms with van der Waals surface area (Å²) in [5.74, 6) is 9.17. The van der Waals surface area contributed by atoms with Crippen LogP contribution in [0.15, 0.2) is 66.7 Å². The number of hydrogen-bond acceptors (Lipinski definition) is 3. The van der Waals surface area contributed by atoms with Crippen molar-refractivity contribution in [1.82, 2.24) is 9.78 Å². The number of urea groups is 1. The molecule has 3 aromatic carbocycles. The lowest BCUT2D eigenvalue weighted by Gasteiger charge is -2.14. The summed E-state index contributed by atoms with van der Waals surface area (Å²) in [6.45, 7) is 8.35. The highest BCUT2D eigenvalue weighted by molar-refractivity contribution is 7.85. The Balaban J connectivity index is 1.38. The number of aryl methyl sites for hydroxylation is 1. The van der Waals surface area contributed by atoms with Crippen molar-refractivity contribution in [1.29, 1.82) is 0 Å². The first-order valence-corrected chi connectivity index (χ1v) is 14.8. The van der Waals surface area contributed by atoms with E-state index < -0.39 is 10.8 Å². The Morgan fingerprint density at radius 1 is 1.05 bits per heavy atom. The minimum absolute atomic E-state index is 0.176. The van der Waals surface area contributed by atoms with Gasteiger partial charge in [0, 0.05) is 51.2 Å². The second-order valence-corrected chi connectivity index (χ2v) is 12.8. The van der Waals surface area contributed by atoms with Crippen molar-refractivity contribution < 1.29 is 9.00 Å². The van der Waals surface area contributed by atoms with E-state index in [2.05, 4.69) is 43.2 Å². The number of nitrogens with one attached hydrogen (secondary N) is 2. The molecule has 200 valence electrons. The van der Waals surface area contributed by atoms with Gasteiger partial charge in [0.25, 0.3) is 0 Å². The summed E-state index contributed by atoms with van der Waals surface area (Å²) in [7, 11) is -0.683. The molecule has 2 unspecified atom stereocenters. The summed E-state index contributed by atoms with van der Waals surface area (Å²) in [4.78, 5) is 13.2. The van der Waals surface area contributed by atoms with Gasteiger partial charge < -0.3 is 5.32 Å². The lowest BCUT2D eigenvalue weighted by Crippen LogP contribution is -2.21. The number of rotatable bonds is 4. The number of benzene rings is 3. The van der Waals surface area contributed by atoms with E-state index in [1.165, 1.54) is 0 Å². The van der Waals surface area contributed by atoms with Gasteiger partial charge in [0.1, 0.15) is 5.82 Å². The first kappa shape index (κ1) is 26.7. The monoisotopic (exact) mass is 538 g/mol. The van der Waals surface area contributed by atoms with E-state index in [9.17, 15) is 9.00 Å². The Labute approximate surface area is 232 Å². The third kappa shape index (κ3) is 6.23. The number of amides is 2. The van der Waals surface area contributed by atoms with Crippen LogP contribution in [0.25, 0.3) is 16.5 Å². The van der Waals surface area contributed by atoms with Gasteiger partial charge in [-0.2, -0.15) is 5.10 Å². The maximum Gasteiger partial charge on any atom is 0.324 e. The third-order valence-electron chi connectivity index (χ3n) is 6.96. The Bertz CT molecular complexity index is 1600. The van der Waals surface area contributed by atoms with Crippen LogP contribution in [0.1, 0.15) is 50.4 Å². The maximum absolute atomic E-state index is 13.2. The second-order valence-electron chi connectivity index (χ2n) is 11.2. The molecule has 0 aliphatic carbocycles. The lowest BCUT2D eigenvalue weighted by molar-refractivity contribution is 0.262. The largest absolute Gasteiger partial charge is 0.324 e. The highest BCUT2D eigenvalue weighted by Gasteiger charge is 2.22. The standard InChI is InChI=1S/C32H34N4O2S/c1-22-12-15-25(16-13-22)36-30(20-29(35-36)32(2,3)4)34-31(37)33-28-17-14-24(26-10-5-6-11-27(26)28)9-7-8-23-18-19-39(38)21-23/h5-6,10-17,20,23H,8,18-19,21H2,1-4H3,(H2,33,34,37). The molecule has 1 aromatic heterocycles. The highest BCUT2D eigenvalue weighted by Crippen LogP contribution is 2.29. The topological polar surface area (TPSA) is 76.0 Å². The average molecular weight is 539 g/mol.